The molecule has 0 fully saturated rings. The van der Waals surface area contributed by atoms with Gasteiger partial charge in [0.05, 0.1) is 10.7 Å². The third-order valence-corrected chi connectivity index (χ3v) is 3.27. The van der Waals surface area contributed by atoms with Crippen LogP contribution in [0.3, 0.4) is 0 Å². The van der Waals surface area contributed by atoms with Crippen LogP contribution in [0.1, 0.15) is 25.5 Å². The molecule has 18 heavy (non-hydrogen) atoms. The Hall–Kier alpha value is -1.26. The summed E-state index contributed by atoms with van der Waals surface area (Å²) in [6, 6.07) is 4.39. The van der Waals surface area contributed by atoms with E-state index in [0.717, 1.165) is 0 Å². The third-order valence-electron chi connectivity index (χ3n) is 2.58. The normalized spacial score (nSPS) is 11.2. The van der Waals surface area contributed by atoms with E-state index in [0.29, 0.717) is 10.7 Å². The molecule has 0 saturated heterocycles. The average Bonchev–Trinajstić information content (AvgIpc) is 2.57. The lowest BCUT2D eigenvalue weighted by atomic mass is 10.1. The first kappa shape index (κ1) is 13.2. The molecule has 0 bridgehead atoms. The van der Waals surface area contributed by atoms with E-state index < -0.39 is 5.82 Å². The van der Waals surface area contributed by atoms with Crippen LogP contribution in [0, 0.1) is 5.82 Å². The average molecular weight is 288 g/mol. The number of hydrogen-bond donors (Lipinski definition) is 1. The Labute approximate surface area is 114 Å². The molecule has 0 aliphatic rings. The number of nitrogens with zero attached hydrogens (tertiary/aromatic N) is 2. The Balaban J connectivity index is 2.69. The van der Waals surface area contributed by atoms with Crippen LogP contribution in [0.25, 0.3) is 5.69 Å². The summed E-state index contributed by atoms with van der Waals surface area (Å²) in [6.45, 7) is 3.86. The minimum atomic E-state index is -0.497. The predicted molar refractivity (Wildman–Crippen MR) is 72.0 cm³/mol. The first-order chi connectivity index (χ1) is 8.43. The van der Waals surface area contributed by atoms with Crippen LogP contribution in [0.15, 0.2) is 18.2 Å². The third kappa shape index (κ3) is 2.06. The van der Waals surface area contributed by atoms with Crippen molar-refractivity contribution in [2.45, 2.75) is 19.8 Å². The lowest BCUT2D eigenvalue weighted by Gasteiger charge is -2.07. The Bertz CT molecular complexity index is 573. The Morgan fingerprint density at radius 2 is 2.00 bits per heavy atom. The summed E-state index contributed by atoms with van der Waals surface area (Å²) in [5.41, 5.74) is 6.59. The van der Waals surface area contributed by atoms with Gasteiger partial charge in [-0.2, -0.15) is 5.10 Å². The number of hydrogen-bond acceptors (Lipinski definition) is 2. The molecule has 0 unspecified atom stereocenters. The monoisotopic (exact) mass is 287 g/mol. The van der Waals surface area contributed by atoms with E-state index >= 15 is 0 Å². The number of aromatic nitrogens is 2. The minimum absolute atomic E-state index is 0.0894. The Morgan fingerprint density at radius 1 is 1.33 bits per heavy atom. The predicted octanol–water partition coefficient (Wildman–Crippen LogP) is 4.02. The van der Waals surface area contributed by atoms with E-state index in [9.17, 15) is 4.39 Å². The standard InChI is InChI=1S/C12H12Cl2FN3/c1-6(2)10-9(14)12(16)18(17-10)11-7(13)4-3-5-8(11)15/h3-6H,16H2,1-2H3. The highest BCUT2D eigenvalue weighted by Gasteiger charge is 2.20. The molecular weight excluding hydrogens is 276 g/mol. The van der Waals surface area contributed by atoms with Gasteiger partial charge in [0.2, 0.25) is 0 Å². The number of anilines is 1. The molecule has 6 heteroatoms. The maximum Gasteiger partial charge on any atom is 0.150 e. The van der Waals surface area contributed by atoms with Gasteiger partial charge in [-0.3, -0.25) is 0 Å². The van der Waals surface area contributed by atoms with Gasteiger partial charge in [0, 0.05) is 0 Å². The summed E-state index contributed by atoms with van der Waals surface area (Å²) in [5.74, 6) is -0.220. The molecule has 0 aliphatic carbocycles. The number of rotatable bonds is 2. The van der Waals surface area contributed by atoms with Crippen molar-refractivity contribution in [1.29, 1.82) is 0 Å². The number of para-hydroxylation sites is 1. The van der Waals surface area contributed by atoms with E-state index in [-0.39, 0.29) is 22.4 Å². The maximum absolute atomic E-state index is 13.8. The van der Waals surface area contributed by atoms with Crippen molar-refractivity contribution in [2.75, 3.05) is 5.73 Å². The zero-order chi connectivity index (χ0) is 13.4. The smallest absolute Gasteiger partial charge is 0.150 e. The molecule has 0 aliphatic heterocycles. The fourth-order valence-corrected chi connectivity index (χ4v) is 2.24. The van der Waals surface area contributed by atoms with Crippen LogP contribution in [-0.2, 0) is 0 Å². The van der Waals surface area contributed by atoms with Gasteiger partial charge in [0.1, 0.15) is 22.3 Å². The van der Waals surface area contributed by atoms with Gasteiger partial charge in [0.25, 0.3) is 0 Å². The fourth-order valence-electron chi connectivity index (χ4n) is 1.66. The highest BCUT2D eigenvalue weighted by Crippen LogP contribution is 2.33. The summed E-state index contributed by atoms with van der Waals surface area (Å²) in [5, 5.41) is 4.81. The van der Waals surface area contributed by atoms with Crippen LogP contribution < -0.4 is 5.73 Å². The van der Waals surface area contributed by atoms with Gasteiger partial charge in [-0.15, -0.1) is 0 Å². The van der Waals surface area contributed by atoms with Gasteiger partial charge < -0.3 is 5.73 Å². The molecule has 0 radical (unpaired) electrons. The molecule has 0 amide bonds. The lowest BCUT2D eigenvalue weighted by molar-refractivity contribution is 0.609. The van der Waals surface area contributed by atoms with Gasteiger partial charge >= 0.3 is 0 Å². The molecule has 2 rings (SSSR count). The second-order valence-corrected chi connectivity index (χ2v) is 5.01. The van der Waals surface area contributed by atoms with Crippen LogP contribution in [0.2, 0.25) is 10.0 Å². The van der Waals surface area contributed by atoms with Crippen LogP contribution in [-0.4, -0.2) is 9.78 Å². The second kappa shape index (κ2) is 4.78. The zero-order valence-corrected chi connectivity index (χ0v) is 11.4. The highest BCUT2D eigenvalue weighted by molar-refractivity contribution is 6.34. The molecule has 1 heterocycles. The molecule has 96 valence electrons. The van der Waals surface area contributed by atoms with E-state index in [1.807, 2.05) is 13.8 Å². The first-order valence-corrected chi connectivity index (χ1v) is 6.17. The van der Waals surface area contributed by atoms with Crippen LogP contribution >= 0.6 is 23.2 Å². The molecule has 2 aromatic rings. The molecule has 1 aromatic carbocycles. The summed E-state index contributed by atoms with van der Waals surface area (Å²) < 4.78 is 15.1. The van der Waals surface area contributed by atoms with Crippen molar-refractivity contribution in [1.82, 2.24) is 9.78 Å². The summed E-state index contributed by atoms with van der Waals surface area (Å²) in [4.78, 5) is 0. The number of benzene rings is 1. The van der Waals surface area contributed by atoms with E-state index in [1.54, 1.807) is 6.07 Å². The topological polar surface area (TPSA) is 43.8 Å². The summed E-state index contributed by atoms with van der Waals surface area (Å²) in [7, 11) is 0. The quantitative estimate of drug-likeness (QED) is 0.906. The molecular formula is C12H12Cl2FN3. The zero-order valence-electron chi connectivity index (χ0n) is 9.92. The molecule has 0 atom stereocenters. The fraction of sp³-hybridized carbons (Fsp3) is 0.250. The van der Waals surface area contributed by atoms with Crippen molar-refractivity contribution in [3.63, 3.8) is 0 Å². The van der Waals surface area contributed by atoms with E-state index in [1.165, 1.54) is 16.8 Å². The second-order valence-electron chi connectivity index (χ2n) is 4.22. The van der Waals surface area contributed by atoms with Crippen molar-refractivity contribution in [3.8, 4) is 5.69 Å². The number of halogens is 3. The van der Waals surface area contributed by atoms with Crippen LogP contribution in [0.4, 0.5) is 10.2 Å². The lowest BCUT2D eigenvalue weighted by Crippen LogP contribution is -2.05. The van der Waals surface area contributed by atoms with Crippen LogP contribution in [0.5, 0.6) is 0 Å². The maximum atomic E-state index is 13.8. The van der Waals surface area contributed by atoms with Gasteiger partial charge in [-0.1, -0.05) is 43.1 Å². The summed E-state index contributed by atoms with van der Waals surface area (Å²) in [6.07, 6.45) is 0. The minimum Gasteiger partial charge on any atom is -0.382 e. The SMILES string of the molecule is CC(C)c1nn(-c2c(F)cccc2Cl)c(N)c1Cl. The summed E-state index contributed by atoms with van der Waals surface area (Å²) >= 11 is 12.1. The number of nitrogen functional groups attached to an aromatic ring is 1. The molecule has 2 N–H and O–H groups in total. The molecule has 0 saturated carbocycles. The first-order valence-electron chi connectivity index (χ1n) is 5.41. The van der Waals surface area contributed by atoms with E-state index in [4.69, 9.17) is 28.9 Å². The molecule has 3 nitrogen and oxygen atoms in total. The van der Waals surface area contributed by atoms with Crippen molar-refractivity contribution >= 4 is 29.0 Å². The van der Waals surface area contributed by atoms with Gasteiger partial charge in [-0.25, -0.2) is 9.07 Å². The highest BCUT2D eigenvalue weighted by atomic mass is 35.5. The van der Waals surface area contributed by atoms with Gasteiger partial charge in [0.15, 0.2) is 0 Å². The van der Waals surface area contributed by atoms with Crippen molar-refractivity contribution in [2.24, 2.45) is 0 Å². The Morgan fingerprint density at radius 3 is 2.50 bits per heavy atom. The van der Waals surface area contributed by atoms with E-state index in [2.05, 4.69) is 5.10 Å². The van der Waals surface area contributed by atoms with Crippen molar-refractivity contribution < 1.29 is 4.39 Å². The molecule has 0 spiro atoms. The molecule has 1 aromatic heterocycles. The largest absolute Gasteiger partial charge is 0.382 e. The Kier molecular flexibility index (Phi) is 3.50. The van der Waals surface area contributed by atoms with Gasteiger partial charge in [-0.05, 0) is 18.1 Å². The van der Waals surface area contributed by atoms with Crippen molar-refractivity contribution in [3.05, 3.63) is 39.8 Å². The number of nitrogens with two attached hydrogens (primary N) is 1.